The van der Waals surface area contributed by atoms with Crippen molar-refractivity contribution in [2.75, 3.05) is 11.4 Å². The number of ether oxygens (including phenoxy) is 1. The van der Waals surface area contributed by atoms with Crippen molar-refractivity contribution in [1.82, 2.24) is 9.78 Å². The molecular formula is C16H18FN3O2. The van der Waals surface area contributed by atoms with Gasteiger partial charge in [-0.1, -0.05) is 6.07 Å². The van der Waals surface area contributed by atoms with Crippen LogP contribution in [-0.2, 0) is 11.8 Å². The Labute approximate surface area is 128 Å². The van der Waals surface area contributed by atoms with E-state index in [2.05, 4.69) is 5.10 Å². The molecule has 0 saturated carbocycles. The van der Waals surface area contributed by atoms with Crippen LogP contribution in [-0.4, -0.2) is 28.3 Å². The number of hydrogen-bond donors (Lipinski definition) is 0. The summed E-state index contributed by atoms with van der Waals surface area (Å²) in [4.78, 5) is 14.2. The molecule has 0 radical (unpaired) electrons. The zero-order valence-electron chi connectivity index (χ0n) is 12.6. The summed E-state index contributed by atoms with van der Waals surface area (Å²) in [5.74, 6) is -0.469. The number of piperidine rings is 1. The van der Waals surface area contributed by atoms with Gasteiger partial charge < -0.3 is 9.64 Å². The van der Waals surface area contributed by atoms with Gasteiger partial charge in [0, 0.05) is 19.8 Å². The van der Waals surface area contributed by atoms with E-state index in [0.29, 0.717) is 13.0 Å². The third kappa shape index (κ3) is 2.81. The van der Waals surface area contributed by atoms with E-state index < -0.39 is 11.9 Å². The topological polar surface area (TPSA) is 47.4 Å². The van der Waals surface area contributed by atoms with E-state index in [0.717, 1.165) is 17.7 Å². The van der Waals surface area contributed by atoms with Crippen LogP contribution >= 0.6 is 0 Å². The Bertz CT molecular complexity index is 698. The number of hydrogen-bond acceptors (Lipinski definition) is 3. The molecule has 22 heavy (non-hydrogen) atoms. The van der Waals surface area contributed by atoms with E-state index in [1.54, 1.807) is 41.2 Å². The highest BCUT2D eigenvalue weighted by Gasteiger charge is 2.32. The lowest BCUT2D eigenvalue weighted by Gasteiger charge is -2.31. The number of halogens is 1. The molecule has 3 rings (SSSR count). The van der Waals surface area contributed by atoms with Crippen molar-refractivity contribution in [3.8, 4) is 5.75 Å². The molecule has 0 N–H and O–H groups in total. The fourth-order valence-electron chi connectivity index (χ4n) is 2.61. The molecule has 0 aliphatic carbocycles. The van der Waals surface area contributed by atoms with Crippen LogP contribution in [0.15, 0.2) is 30.6 Å². The zero-order chi connectivity index (χ0) is 15.7. The molecule has 6 heteroatoms. The summed E-state index contributed by atoms with van der Waals surface area (Å²) in [5.41, 5.74) is 1.63. The number of amides is 1. The highest BCUT2D eigenvalue weighted by molar-refractivity contribution is 5.97. The molecule has 1 aliphatic heterocycles. The fourth-order valence-corrected chi connectivity index (χ4v) is 2.61. The van der Waals surface area contributed by atoms with Gasteiger partial charge >= 0.3 is 0 Å². The molecule has 0 bridgehead atoms. The van der Waals surface area contributed by atoms with E-state index in [1.165, 1.54) is 6.07 Å². The van der Waals surface area contributed by atoms with Gasteiger partial charge in [0.25, 0.3) is 5.91 Å². The Morgan fingerprint density at radius 2 is 2.23 bits per heavy atom. The summed E-state index contributed by atoms with van der Waals surface area (Å²) in [5, 5.41) is 4.08. The standard InChI is InChI=1S/C16H18FN3O2/c1-11-5-6-13(17)15(8-11)22-14-4-3-7-20(16(14)21)12-9-18-19(2)10-12/h5-6,8-10,14H,3-4,7H2,1-2H3/t14-/m1/s1. The number of rotatable bonds is 3. The van der Waals surface area contributed by atoms with Crippen molar-refractivity contribution in [3.05, 3.63) is 42.0 Å². The smallest absolute Gasteiger partial charge is 0.268 e. The summed E-state index contributed by atoms with van der Waals surface area (Å²) in [6, 6.07) is 4.65. The molecule has 1 fully saturated rings. The number of carbonyl (C=O) groups excluding carboxylic acids is 1. The Kier molecular flexibility index (Phi) is 3.83. The molecule has 0 unspecified atom stereocenters. The SMILES string of the molecule is Cc1ccc(F)c(O[C@@H]2CCCN(c3cnn(C)c3)C2=O)c1. The van der Waals surface area contributed by atoms with Gasteiger partial charge in [0.05, 0.1) is 11.9 Å². The first-order valence-corrected chi connectivity index (χ1v) is 7.27. The first kappa shape index (κ1) is 14.6. The van der Waals surface area contributed by atoms with Gasteiger partial charge in [-0.3, -0.25) is 9.48 Å². The average Bonchev–Trinajstić information content (AvgIpc) is 2.91. The van der Waals surface area contributed by atoms with Gasteiger partial charge in [0.2, 0.25) is 0 Å². The summed E-state index contributed by atoms with van der Waals surface area (Å²) < 4.78 is 21.1. The number of anilines is 1. The lowest BCUT2D eigenvalue weighted by molar-refractivity contribution is -0.127. The zero-order valence-corrected chi connectivity index (χ0v) is 12.6. The minimum Gasteiger partial charge on any atom is -0.477 e. The van der Waals surface area contributed by atoms with E-state index in [4.69, 9.17) is 4.74 Å². The van der Waals surface area contributed by atoms with E-state index in [1.807, 2.05) is 6.92 Å². The summed E-state index contributed by atoms with van der Waals surface area (Å²) in [6.45, 7) is 2.48. The molecule has 1 saturated heterocycles. The number of benzene rings is 1. The summed E-state index contributed by atoms with van der Waals surface area (Å²) >= 11 is 0. The quantitative estimate of drug-likeness (QED) is 0.875. The predicted molar refractivity (Wildman–Crippen MR) is 80.3 cm³/mol. The Balaban J connectivity index is 1.79. The molecular weight excluding hydrogens is 285 g/mol. The van der Waals surface area contributed by atoms with Crippen LogP contribution in [0.1, 0.15) is 18.4 Å². The van der Waals surface area contributed by atoms with E-state index in [9.17, 15) is 9.18 Å². The third-order valence-electron chi connectivity index (χ3n) is 3.75. The highest BCUT2D eigenvalue weighted by atomic mass is 19.1. The first-order chi connectivity index (χ1) is 10.5. The molecule has 2 aromatic rings. The first-order valence-electron chi connectivity index (χ1n) is 7.27. The van der Waals surface area contributed by atoms with Crippen LogP contribution in [0.4, 0.5) is 10.1 Å². The number of aromatic nitrogens is 2. The molecule has 1 aromatic heterocycles. The van der Waals surface area contributed by atoms with Crippen LogP contribution in [0, 0.1) is 12.7 Å². The van der Waals surface area contributed by atoms with Gasteiger partial charge in [-0.25, -0.2) is 4.39 Å². The molecule has 1 amide bonds. The van der Waals surface area contributed by atoms with Crippen molar-refractivity contribution < 1.29 is 13.9 Å². The largest absolute Gasteiger partial charge is 0.477 e. The number of carbonyl (C=O) groups is 1. The van der Waals surface area contributed by atoms with Crippen LogP contribution in [0.2, 0.25) is 0 Å². The van der Waals surface area contributed by atoms with Crippen LogP contribution in [0.5, 0.6) is 5.75 Å². The van der Waals surface area contributed by atoms with Crippen molar-refractivity contribution in [3.63, 3.8) is 0 Å². The molecule has 1 aromatic carbocycles. The van der Waals surface area contributed by atoms with Gasteiger partial charge in [0.15, 0.2) is 17.7 Å². The molecule has 116 valence electrons. The maximum atomic E-state index is 13.8. The van der Waals surface area contributed by atoms with Gasteiger partial charge in [-0.2, -0.15) is 5.10 Å². The predicted octanol–water partition coefficient (Wildman–Crippen LogP) is 2.44. The lowest BCUT2D eigenvalue weighted by atomic mass is 10.1. The molecule has 2 heterocycles. The Morgan fingerprint density at radius 3 is 2.95 bits per heavy atom. The Morgan fingerprint density at radius 1 is 1.41 bits per heavy atom. The summed E-state index contributed by atoms with van der Waals surface area (Å²) in [7, 11) is 1.80. The van der Waals surface area contributed by atoms with Crippen LogP contribution in [0.3, 0.4) is 0 Å². The second kappa shape index (κ2) is 5.79. The minimum atomic E-state index is -0.662. The fraction of sp³-hybridized carbons (Fsp3) is 0.375. The van der Waals surface area contributed by atoms with Crippen LogP contribution < -0.4 is 9.64 Å². The highest BCUT2D eigenvalue weighted by Crippen LogP contribution is 2.26. The summed E-state index contributed by atoms with van der Waals surface area (Å²) in [6.07, 6.45) is 4.16. The number of aryl methyl sites for hydroxylation is 2. The number of nitrogens with zero attached hydrogens (tertiary/aromatic N) is 3. The monoisotopic (exact) mass is 303 g/mol. The van der Waals surface area contributed by atoms with Crippen molar-refractivity contribution >= 4 is 11.6 Å². The second-order valence-corrected chi connectivity index (χ2v) is 5.54. The van der Waals surface area contributed by atoms with Crippen molar-refractivity contribution in [2.24, 2.45) is 7.05 Å². The Hall–Kier alpha value is -2.37. The van der Waals surface area contributed by atoms with Crippen LogP contribution in [0.25, 0.3) is 0 Å². The molecule has 1 aliphatic rings. The normalized spacial score (nSPS) is 18.6. The maximum Gasteiger partial charge on any atom is 0.268 e. The van der Waals surface area contributed by atoms with Crippen molar-refractivity contribution in [2.45, 2.75) is 25.9 Å². The molecule has 0 spiro atoms. The van der Waals surface area contributed by atoms with Gasteiger partial charge in [0.1, 0.15) is 0 Å². The maximum absolute atomic E-state index is 13.8. The second-order valence-electron chi connectivity index (χ2n) is 5.54. The van der Waals surface area contributed by atoms with Gasteiger partial charge in [-0.15, -0.1) is 0 Å². The third-order valence-corrected chi connectivity index (χ3v) is 3.75. The molecule has 5 nitrogen and oxygen atoms in total. The lowest BCUT2D eigenvalue weighted by Crippen LogP contribution is -2.46. The van der Waals surface area contributed by atoms with Crippen molar-refractivity contribution in [1.29, 1.82) is 0 Å². The van der Waals surface area contributed by atoms with E-state index >= 15 is 0 Å². The average molecular weight is 303 g/mol. The minimum absolute atomic E-state index is 0.131. The van der Waals surface area contributed by atoms with E-state index in [-0.39, 0.29) is 11.7 Å². The molecule has 1 atom stereocenters. The van der Waals surface area contributed by atoms with Gasteiger partial charge in [-0.05, 0) is 37.5 Å².